The molecule has 3 rings (SSSR count). The van der Waals surface area contributed by atoms with Crippen molar-refractivity contribution in [1.29, 1.82) is 0 Å². The van der Waals surface area contributed by atoms with Crippen LogP contribution in [0.1, 0.15) is 37.3 Å². The summed E-state index contributed by atoms with van der Waals surface area (Å²) in [6.45, 7) is 2.39. The first-order chi connectivity index (χ1) is 10.2. The lowest BCUT2D eigenvalue weighted by molar-refractivity contribution is -0.139. The van der Waals surface area contributed by atoms with Gasteiger partial charge in [0.25, 0.3) is 0 Å². The third-order valence-corrected chi connectivity index (χ3v) is 4.46. The average Bonchev–Trinajstić information content (AvgIpc) is 3.06. The molecule has 2 aromatic heterocycles. The van der Waals surface area contributed by atoms with Crippen LogP contribution in [0.25, 0.3) is 0 Å². The van der Waals surface area contributed by atoms with Gasteiger partial charge in [-0.05, 0) is 31.9 Å². The van der Waals surface area contributed by atoms with Crippen molar-refractivity contribution in [1.82, 2.24) is 14.8 Å². The molecule has 0 amide bonds. The number of ether oxygens (including phenoxy) is 1. The molecule has 1 aliphatic carbocycles. The number of hydrogen-bond donors (Lipinski definition) is 0. The Balaban J connectivity index is 1.84. The molecule has 21 heavy (non-hydrogen) atoms. The van der Waals surface area contributed by atoms with E-state index in [4.69, 9.17) is 9.15 Å². The SMILES string of the molecule is COC(=O)C(C)Sc1nnc(C2CC2)n1Cc1ccco1. The molecule has 7 heteroatoms. The van der Waals surface area contributed by atoms with Gasteiger partial charge in [-0.15, -0.1) is 10.2 Å². The van der Waals surface area contributed by atoms with Crippen LogP contribution >= 0.6 is 11.8 Å². The van der Waals surface area contributed by atoms with E-state index in [0.717, 1.165) is 29.6 Å². The zero-order valence-electron chi connectivity index (χ0n) is 12.0. The Morgan fingerprint density at radius 1 is 1.57 bits per heavy atom. The van der Waals surface area contributed by atoms with Crippen LogP contribution in [0.2, 0.25) is 0 Å². The molecule has 112 valence electrons. The minimum absolute atomic E-state index is 0.263. The third-order valence-electron chi connectivity index (χ3n) is 3.40. The van der Waals surface area contributed by atoms with Crippen molar-refractivity contribution in [2.75, 3.05) is 7.11 Å². The summed E-state index contributed by atoms with van der Waals surface area (Å²) in [5.74, 6) is 2.05. The van der Waals surface area contributed by atoms with Crippen molar-refractivity contribution >= 4 is 17.7 Å². The van der Waals surface area contributed by atoms with E-state index in [1.807, 2.05) is 16.7 Å². The summed E-state index contributed by atoms with van der Waals surface area (Å²) in [5, 5.41) is 8.95. The van der Waals surface area contributed by atoms with Crippen LogP contribution in [0.4, 0.5) is 0 Å². The minimum Gasteiger partial charge on any atom is -0.468 e. The normalized spacial score (nSPS) is 15.9. The van der Waals surface area contributed by atoms with Crippen LogP contribution in [-0.2, 0) is 16.1 Å². The second kappa shape index (κ2) is 5.93. The number of aromatic nitrogens is 3. The standard InChI is InChI=1S/C14H17N3O3S/c1-9(13(18)19-2)21-14-16-15-12(10-5-6-10)17(14)8-11-4-3-7-20-11/h3-4,7,9-10H,5-6,8H2,1-2H3. The highest BCUT2D eigenvalue weighted by Crippen LogP contribution is 2.40. The van der Waals surface area contributed by atoms with E-state index in [0.29, 0.717) is 12.5 Å². The maximum Gasteiger partial charge on any atom is 0.318 e. The molecule has 0 N–H and O–H groups in total. The van der Waals surface area contributed by atoms with Gasteiger partial charge in [0.1, 0.15) is 16.8 Å². The first kappa shape index (κ1) is 14.2. The van der Waals surface area contributed by atoms with Crippen molar-refractivity contribution in [2.45, 2.75) is 42.6 Å². The minimum atomic E-state index is -0.318. The lowest BCUT2D eigenvalue weighted by Crippen LogP contribution is -2.16. The van der Waals surface area contributed by atoms with Gasteiger partial charge in [-0.1, -0.05) is 11.8 Å². The highest BCUT2D eigenvalue weighted by Gasteiger charge is 2.31. The first-order valence-electron chi connectivity index (χ1n) is 6.89. The molecule has 0 spiro atoms. The fourth-order valence-corrected chi connectivity index (χ4v) is 2.99. The summed E-state index contributed by atoms with van der Waals surface area (Å²) in [6.07, 6.45) is 3.95. The van der Waals surface area contributed by atoms with Crippen molar-refractivity contribution in [3.63, 3.8) is 0 Å². The summed E-state index contributed by atoms with van der Waals surface area (Å²) >= 11 is 1.36. The molecule has 0 saturated heterocycles. The van der Waals surface area contributed by atoms with Gasteiger partial charge in [-0.2, -0.15) is 0 Å². The van der Waals surface area contributed by atoms with E-state index < -0.39 is 0 Å². The summed E-state index contributed by atoms with van der Waals surface area (Å²) in [7, 11) is 1.39. The Bertz CT molecular complexity index is 619. The zero-order chi connectivity index (χ0) is 14.8. The third kappa shape index (κ3) is 3.12. The van der Waals surface area contributed by atoms with Crippen LogP contribution in [0.5, 0.6) is 0 Å². The predicted octanol–water partition coefficient (Wildman–Crippen LogP) is 2.45. The van der Waals surface area contributed by atoms with Crippen molar-refractivity contribution < 1.29 is 13.9 Å². The van der Waals surface area contributed by atoms with E-state index in [-0.39, 0.29) is 11.2 Å². The number of carbonyl (C=O) groups is 1. The molecule has 0 bridgehead atoms. The Morgan fingerprint density at radius 3 is 3.00 bits per heavy atom. The highest BCUT2D eigenvalue weighted by molar-refractivity contribution is 8.00. The molecule has 1 unspecified atom stereocenters. The van der Waals surface area contributed by atoms with Gasteiger partial charge in [0, 0.05) is 5.92 Å². The maximum absolute atomic E-state index is 11.6. The summed E-state index contributed by atoms with van der Waals surface area (Å²) in [4.78, 5) is 11.6. The Morgan fingerprint density at radius 2 is 2.38 bits per heavy atom. The summed E-state index contributed by atoms with van der Waals surface area (Å²) < 4.78 is 12.2. The van der Waals surface area contributed by atoms with Gasteiger partial charge in [-0.3, -0.25) is 9.36 Å². The van der Waals surface area contributed by atoms with Crippen molar-refractivity contribution in [3.8, 4) is 0 Å². The number of rotatable bonds is 6. The number of methoxy groups -OCH3 is 1. The number of esters is 1. The number of hydrogen-bond acceptors (Lipinski definition) is 6. The summed E-state index contributed by atoms with van der Waals surface area (Å²) in [6, 6.07) is 3.79. The molecule has 0 radical (unpaired) electrons. The Hall–Kier alpha value is -1.76. The monoisotopic (exact) mass is 307 g/mol. The van der Waals surface area contributed by atoms with Gasteiger partial charge in [0.05, 0.1) is 19.9 Å². The molecule has 1 atom stereocenters. The average molecular weight is 307 g/mol. The molecular weight excluding hydrogens is 290 g/mol. The quantitative estimate of drug-likeness (QED) is 0.603. The smallest absolute Gasteiger partial charge is 0.318 e. The van der Waals surface area contributed by atoms with Crippen LogP contribution < -0.4 is 0 Å². The van der Waals surface area contributed by atoms with Crippen LogP contribution in [-0.4, -0.2) is 33.1 Å². The summed E-state index contributed by atoms with van der Waals surface area (Å²) in [5.41, 5.74) is 0. The molecule has 6 nitrogen and oxygen atoms in total. The molecule has 1 saturated carbocycles. The van der Waals surface area contributed by atoms with Gasteiger partial charge < -0.3 is 9.15 Å². The van der Waals surface area contributed by atoms with E-state index >= 15 is 0 Å². The van der Waals surface area contributed by atoms with E-state index in [1.165, 1.54) is 18.9 Å². The molecule has 1 aliphatic rings. The maximum atomic E-state index is 11.6. The number of carbonyl (C=O) groups excluding carboxylic acids is 1. The van der Waals surface area contributed by atoms with Crippen LogP contribution in [0.15, 0.2) is 28.0 Å². The van der Waals surface area contributed by atoms with Crippen LogP contribution in [0.3, 0.4) is 0 Å². The number of furan rings is 1. The topological polar surface area (TPSA) is 70.2 Å². The lowest BCUT2D eigenvalue weighted by Gasteiger charge is -2.11. The molecule has 2 heterocycles. The second-order valence-electron chi connectivity index (χ2n) is 5.06. The molecule has 0 aromatic carbocycles. The van der Waals surface area contributed by atoms with Crippen molar-refractivity contribution in [2.24, 2.45) is 0 Å². The predicted molar refractivity (Wildman–Crippen MR) is 77.1 cm³/mol. The molecular formula is C14H17N3O3S. The van der Waals surface area contributed by atoms with E-state index in [9.17, 15) is 4.79 Å². The van der Waals surface area contributed by atoms with E-state index in [1.54, 1.807) is 13.2 Å². The van der Waals surface area contributed by atoms with E-state index in [2.05, 4.69) is 10.2 Å². The molecule has 1 fully saturated rings. The number of thioether (sulfide) groups is 1. The fourth-order valence-electron chi connectivity index (χ4n) is 2.11. The Labute approximate surface area is 126 Å². The van der Waals surface area contributed by atoms with Gasteiger partial charge >= 0.3 is 5.97 Å². The Kier molecular flexibility index (Phi) is 4.01. The van der Waals surface area contributed by atoms with Gasteiger partial charge in [-0.25, -0.2) is 0 Å². The zero-order valence-corrected chi connectivity index (χ0v) is 12.8. The highest BCUT2D eigenvalue weighted by atomic mass is 32.2. The lowest BCUT2D eigenvalue weighted by atomic mass is 10.3. The first-order valence-corrected chi connectivity index (χ1v) is 7.77. The van der Waals surface area contributed by atoms with Crippen LogP contribution in [0, 0.1) is 0 Å². The van der Waals surface area contributed by atoms with Crippen molar-refractivity contribution in [3.05, 3.63) is 30.0 Å². The number of nitrogens with zero attached hydrogens (tertiary/aromatic N) is 3. The van der Waals surface area contributed by atoms with Gasteiger partial charge in [0.15, 0.2) is 5.16 Å². The second-order valence-corrected chi connectivity index (χ2v) is 6.37. The molecule has 0 aliphatic heterocycles. The largest absolute Gasteiger partial charge is 0.468 e. The van der Waals surface area contributed by atoms with Gasteiger partial charge in [0.2, 0.25) is 0 Å². The fraction of sp³-hybridized carbons (Fsp3) is 0.500. The molecule has 2 aromatic rings.